The highest BCUT2D eigenvalue weighted by Crippen LogP contribution is 2.30. The fourth-order valence-corrected chi connectivity index (χ4v) is 7.47. The predicted octanol–water partition coefficient (Wildman–Crippen LogP) is 4.32. The number of fused-ring (bicyclic) bond motifs is 1. The smallest absolute Gasteiger partial charge is 0.269 e. The minimum Gasteiger partial charge on any atom is -0.497 e. The van der Waals surface area contributed by atoms with Gasteiger partial charge < -0.3 is 15.0 Å². The molecule has 0 unspecified atom stereocenters. The van der Waals surface area contributed by atoms with Crippen molar-refractivity contribution < 1.29 is 27.5 Å². The Morgan fingerprint density at radius 3 is 2.40 bits per heavy atom. The summed E-state index contributed by atoms with van der Waals surface area (Å²) in [7, 11) is -2.40. The summed E-state index contributed by atoms with van der Waals surface area (Å²) >= 11 is 0. The molecule has 0 saturated heterocycles. The van der Waals surface area contributed by atoms with Crippen LogP contribution in [0.1, 0.15) is 60.0 Å². The maximum Gasteiger partial charge on any atom is 0.269 e. The van der Waals surface area contributed by atoms with Crippen LogP contribution in [0.4, 0.5) is 0 Å². The first-order valence-electron chi connectivity index (χ1n) is 14.7. The Balaban J connectivity index is 1.38. The zero-order valence-electron chi connectivity index (χ0n) is 24.3. The number of hydrogen-bond acceptors (Lipinski definition) is 6. The first-order valence-corrected chi connectivity index (χ1v) is 16.1. The highest BCUT2D eigenvalue weighted by molar-refractivity contribution is 7.90. The molecule has 2 aliphatic rings. The van der Waals surface area contributed by atoms with E-state index >= 15 is 0 Å². The Hall–Kier alpha value is -4.18. The Kier molecular flexibility index (Phi) is 9.45. The molecular formula is C33H37N3O6S. The number of hydrogen-bond donors (Lipinski definition) is 1. The van der Waals surface area contributed by atoms with Gasteiger partial charge in [0.1, 0.15) is 16.7 Å². The van der Waals surface area contributed by atoms with E-state index in [9.17, 15) is 22.8 Å². The highest BCUT2D eigenvalue weighted by Gasteiger charge is 2.40. The maximum atomic E-state index is 14.0. The molecule has 3 aromatic carbocycles. The van der Waals surface area contributed by atoms with Crippen molar-refractivity contribution in [2.45, 2.75) is 68.5 Å². The Morgan fingerprint density at radius 2 is 1.67 bits per heavy atom. The summed E-state index contributed by atoms with van der Waals surface area (Å²) in [6, 6.07) is 22.4. The van der Waals surface area contributed by atoms with E-state index in [1.54, 1.807) is 24.1 Å². The Bertz CT molecular complexity index is 1570. The van der Waals surface area contributed by atoms with Crippen LogP contribution in [0.3, 0.4) is 0 Å². The van der Waals surface area contributed by atoms with Gasteiger partial charge in [0.25, 0.3) is 15.9 Å². The molecule has 5 rings (SSSR count). The molecule has 10 heteroatoms. The van der Waals surface area contributed by atoms with Crippen molar-refractivity contribution in [3.8, 4) is 5.75 Å². The molecule has 0 radical (unpaired) electrons. The molecule has 1 aliphatic carbocycles. The van der Waals surface area contributed by atoms with E-state index in [-0.39, 0.29) is 54.2 Å². The normalized spacial score (nSPS) is 16.5. The van der Waals surface area contributed by atoms with E-state index in [0.717, 1.165) is 41.1 Å². The third-order valence-electron chi connectivity index (χ3n) is 8.12. The van der Waals surface area contributed by atoms with Crippen molar-refractivity contribution in [2.24, 2.45) is 0 Å². The van der Waals surface area contributed by atoms with E-state index in [1.807, 2.05) is 54.6 Å². The number of carbonyl (C=O) groups excluding carboxylic acids is 3. The van der Waals surface area contributed by atoms with Crippen molar-refractivity contribution >= 4 is 27.7 Å². The van der Waals surface area contributed by atoms with Crippen LogP contribution in [0.5, 0.6) is 5.75 Å². The lowest BCUT2D eigenvalue weighted by Crippen LogP contribution is -2.52. The van der Waals surface area contributed by atoms with Crippen LogP contribution in [0.15, 0.2) is 83.8 Å². The number of amides is 3. The Labute approximate surface area is 252 Å². The van der Waals surface area contributed by atoms with E-state index in [1.165, 1.54) is 12.1 Å². The van der Waals surface area contributed by atoms with Crippen LogP contribution in [0.25, 0.3) is 0 Å². The third-order valence-corrected chi connectivity index (χ3v) is 9.96. The molecule has 1 N–H and O–H groups in total. The van der Waals surface area contributed by atoms with Gasteiger partial charge in [-0.3, -0.25) is 14.4 Å². The lowest BCUT2D eigenvalue weighted by atomic mass is 10.0. The molecule has 1 aliphatic heterocycles. The van der Waals surface area contributed by atoms with Crippen LogP contribution >= 0.6 is 0 Å². The largest absolute Gasteiger partial charge is 0.497 e. The number of ether oxygens (including phenoxy) is 1. The van der Waals surface area contributed by atoms with Gasteiger partial charge in [-0.1, -0.05) is 67.4 Å². The van der Waals surface area contributed by atoms with Gasteiger partial charge in [-0.15, -0.1) is 0 Å². The molecule has 1 fully saturated rings. The standard InChI is InChI=1S/C33H37N3O6S/c1-42-27-16-9-13-25(21-27)23-35(29(22-24-11-3-2-4-12-24)32(38)34-26-14-5-6-15-26)31(37)19-10-20-36-33(39)28-17-7-8-18-30(28)43(36,40)41/h2-4,7-9,11-13,16-18,21,26,29H,5-6,10,14-15,19-20,22-23H2,1H3,(H,34,38)/t29-/m1/s1. The quantitative estimate of drug-likeness (QED) is 0.330. The summed E-state index contributed by atoms with van der Waals surface area (Å²) in [6.45, 7) is 0.0320. The monoisotopic (exact) mass is 603 g/mol. The third kappa shape index (κ3) is 6.91. The number of carbonyl (C=O) groups is 3. The zero-order chi connectivity index (χ0) is 30.4. The second kappa shape index (κ2) is 13.4. The summed E-state index contributed by atoms with van der Waals surface area (Å²) < 4.78 is 32.3. The molecule has 1 atom stereocenters. The van der Waals surface area contributed by atoms with Gasteiger partial charge in [-0.05, 0) is 54.7 Å². The average Bonchev–Trinajstić information content (AvgIpc) is 3.60. The van der Waals surface area contributed by atoms with Crippen molar-refractivity contribution in [3.05, 3.63) is 95.6 Å². The molecular weight excluding hydrogens is 566 g/mol. The van der Waals surface area contributed by atoms with Crippen LogP contribution in [-0.4, -0.2) is 61.1 Å². The second-order valence-corrected chi connectivity index (χ2v) is 12.9. The molecule has 43 heavy (non-hydrogen) atoms. The summed E-state index contributed by atoms with van der Waals surface area (Å²) in [5, 5.41) is 3.18. The molecule has 1 heterocycles. The van der Waals surface area contributed by atoms with E-state index in [4.69, 9.17) is 4.74 Å². The summed E-state index contributed by atoms with van der Waals surface area (Å²) in [5.74, 6) is -0.460. The number of sulfonamides is 1. The first-order chi connectivity index (χ1) is 20.8. The summed E-state index contributed by atoms with van der Waals surface area (Å²) in [5.41, 5.74) is 1.86. The second-order valence-electron chi connectivity index (χ2n) is 11.1. The van der Waals surface area contributed by atoms with Gasteiger partial charge >= 0.3 is 0 Å². The van der Waals surface area contributed by atoms with Crippen LogP contribution in [0.2, 0.25) is 0 Å². The van der Waals surface area contributed by atoms with Gasteiger partial charge in [0.2, 0.25) is 11.8 Å². The molecule has 226 valence electrons. The number of methoxy groups -OCH3 is 1. The van der Waals surface area contributed by atoms with Crippen molar-refractivity contribution in [1.82, 2.24) is 14.5 Å². The van der Waals surface area contributed by atoms with Gasteiger partial charge in [-0.2, -0.15) is 0 Å². The molecule has 0 bridgehead atoms. The molecule has 3 amide bonds. The van der Waals surface area contributed by atoms with Gasteiger partial charge in [-0.25, -0.2) is 12.7 Å². The van der Waals surface area contributed by atoms with Crippen molar-refractivity contribution in [2.75, 3.05) is 13.7 Å². The topological polar surface area (TPSA) is 113 Å². The molecule has 0 aromatic heterocycles. The van der Waals surface area contributed by atoms with E-state index in [2.05, 4.69) is 5.32 Å². The maximum absolute atomic E-state index is 14.0. The van der Waals surface area contributed by atoms with E-state index in [0.29, 0.717) is 12.2 Å². The summed E-state index contributed by atoms with van der Waals surface area (Å²) in [6.07, 6.45) is 4.34. The number of nitrogens with one attached hydrogen (secondary N) is 1. The minimum absolute atomic E-state index is 0.0162. The highest BCUT2D eigenvalue weighted by atomic mass is 32.2. The molecule has 1 saturated carbocycles. The van der Waals surface area contributed by atoms with Gasteiger partial charge in [0, 0.05) is 32.0 Å². The Morgan fingerprint density at radius 1 is 0.977 bits per heavy atom. The minimum atomic E-state index is -3.97. The summed E-state index contributed by atoms with van der Waals surface area (Å²) in [4.78, 5) is 42.3. The van der Waals surface area contributed by atoms with E-state index < -0.39 is 22.0 Å². The predicted molar refractivity (Wildman–Crippen MR) is 162 cm³/mol. The van der Waals surface area contributed by atoms with Crippen molar-refractivity contribution in [1.29, 1.82) is 0 Å². The fourth-order valence-electron chi connectivity index (χ4n) is 5.86. The fraction of sp³-hybridized carbons (Fsp3) is 0.364. The number of rotatable bonds is 12. The average molecular weight is 604 g/mol. The van der Waals surface area contributed by atoms with Gasteiger partial charge in [0.05, 0.1) is 12.7 Å². The van der Waals surface area contributed by atoms with Crippen LogP contribution in [0, 0.1) is 0 Å². The lowest BCUT2D eigenvalue weighted by molar-refractivity contribution is -0.141. The first kappa shape index (κ1) is 30.3. The van der Waals surface area contributed by atoms with Crippen LogP contribution < -0.4 is 10.1 Å². The SMILES string of the molecule is COc1cccc(CN(C(=O)CCCN2C(=O)c3ccccc3S2(=O)=O)[C@H](Cc2ccccc2)C(=O)NC2CCCC2)c1. The zero-order valence-corrected chi connectivity index (χ0v) is 25.1. The lowest BCUT2D eigenvalue weighted by Gasteiger charge is -2.32. The van der Waals surface area contributed by atoms with Gasteiger partial charge in [0.15, 0.2) is 0 Å². The van der Waals surface area contributed by atoms with Crippen LogP contribution in [-0.2, 0) is 32.6 Å². The van der Waals surface area contributed by atoms with Crippen molar-refractivity contribution in [3.63, 3.8) is 0 Å². The molecule has 3 aromatic rings. The molecule has 0 spiro atoms. The number of benzene rings is 3. The molecule has 9 nitrogen and oxygen atoms in total. The number of nitrogens with zero attached hydrogens (tertiary/aromatic N) is 2.